The smallest absolute Gasteiger partial charge is 0.248 e. The van der Waals surface area contributed by atoms with Gasteiger partial charge in [0.25, 0.3) is 0 Å². The van der Waals surface area contributed by atoms with Crippen molar-refractivity contribution in [1.82, 2.24) is 4.90 Å². The van der Waals surface area contributed by atoms with E-state index in [-0.39, 0.29) is 12.5 Å². The highest BCUT2D eigenvalue weighted by Gasteiger charge is 2.10. The zero-order chi connectivity index (χ0) is 10.8. The van der Waals surface area contributed by atoms with Crippen molar-refractivity contribution in [2.24, 2.45) is 5.73 Å². The molecule has 0 saturated carbocycles. The van der Waals surface area contributed by atoms with Crippen molar-refractivity contribution in [3.8, 4) is 0 Å². The van der Waals surface area contributed by atoms with Gasteiger partial charge in [-0.2, -0.15) is 0 Å². The summed E-state index contributed by atoms with van der Waals surface area (Å²) < 4.78 is 5.18. The summed E-state index contributed by atoms with van der Waals surface area (Å²) in [5.41, 5.74) is 5.38. The second-order valence-corrected chi connectivity index (χ2v) is 3.17. The third-order valence-corrected chi connectivity index (χ3v) is 1.94. The van der Waals surface area contributed by atoms with Gasteiger partial charge < -0.3 is 15.4 Å². The Morgan fingerprint density at radius 1 is 1.43 bits per heavy atom. The summed E-state index contributed by atoms with van der Waals surface area (Å²) >= 11 is 0. The number of carbonyl (C=O) groups is 1. The highest BCUT2D eigenvalue weighted by molar-refractivity contribution is 5.77. The van der Waals surface area contributed by atoms with E-state index in [1.807, 2.05) is 13.8 Å². The Hall–Kier alpha value is -0.610. The Labute approximate surface area is 86.4 Å². The zero-order valence-electron chi connectivity index (χ0n) is 9.29. The first-order chi connectivity index (χ1) is 6.76. The topological polar surface area (TPSA) is 55.6 Å². The molecule has 0 heterocycles. The lowest BCUT2D eigenvalue weighted by Crippen LogP contribution is -2.35. The molecule has 0 aliphatic carbocycles. The minimum atomic E-state index is 0.0643. The Bertz CT molecular complexity index is 151. The molecular weight excluding hydrogens is 180 g/mol. The Morgan fingerprint density at radius 2 is 2.14 bits per heavy atom. The maximum Gasteiger partial charge on any atom is 0.248 e. The van der Waals surface area contributed by atoms with E-state index < -0.39 is 0 Å². The number of rotatable bonds is 8. The first kappa shape index (κ1) is 13.4. The lowest BCUT2D eigenvalue weighted by Gasteiger charge is -2.20. The number of likely N-dealkylation sites (N-methyl/N-ethyl adjacent to an activating group) is 1. The first-order valence-electron chi connectivity index (χ1n) is 5.31. The second-order valence-electron chi connectivity index (χ2n) is 3.17. The van der Waals surface area contributed by atoms with Gasteiger partial charge in [-0.05, 0) is 26.3 Å². The number of ether oxygens (including phenoxy) is 1. The second kappa shape index (κ2) is 8.97. The maximum absolute atomic E-state index is 11.5. The van der Waals surface area contributed by atoms with Crippen molar-refractivity contribution >= 4 is 5.91 Å². The maximum atomic E-state index is 11.5. The summed E-state index contributed by atoms with van der Waals surface area (Å²) in [7, 11) is 0. The monoisotopic (exact) mass is 202 g/mol. The lowest BCUT2D eigenvalue weighted by molar-refractivity contribution is -0.136. The summed E-state index contributed by atoms with van der Waals surface area (Å²) in [5.74, 6) is 0.0643. The highest BCUT2D eigenvalue weighted by Crippen LogP contribution is 1.93. The molecule has 0 aromatic rings. The summed E-state index contributed by atoms with van der Waals surface area (Å²) in [6.45, 7) is 6.94. The number of nitrogens with two attached hydrogens (primary N) is 1. The number of hydrogen-bond acceptors (Lipinski definition) is 3. The van der Waals surface area contributed by atoms with Gasteiger partial charge in [-0.25, -0.2) is 0 Å². The van der Waals surface area contributed by atoms with E-state index in [4.69, 9.17) is 10.5 Å². The highest BCUT2D eigenvalue weighted by atomic mass is 16.5. The van der Waals surface area contributed by atoms with Crippen LogP contribution in [0.4, 0.5) is 0 Å². The largest absolute Gasteiger partial charge is 0.372 e. The summed E-state index contributed by atoms with van der Waals surface area (Å²) in [5, 5.41) is 0. The predicted molar refractivity (Wildman–Crippen MR) is 57.0 cm³/mol. The Kier molecular flexibility index (Phi) is 8.57. The summed E-state index contributed by atoms with van der Waals surface area (Å²) in [4.78, 5) is 13.3. The third kappa shape index (κ3) is 5.94. The fourth-order valence-electron chi connectivity index (χ4n) is 1.14. The van der Waals surface area contributed by atoms with Crippen LogP contribution in [0.25, 0.3) is 0 Å². The molecule has 0 bridgehead atoms. The minimum Gasteiger partial charge on any atom is -0.372 e. The van der Waals surface area contributed by atoms with Gasteiger partial charge >= 0.3 is 0 Å². The van der Waals surface area contributed by atoms with E-state index in [2.05, 4.69) is 0 Å². The van der Waals surface area contributed by atoms with Crippen molar-refractivity contribution in [2.45, 2.75) is 26.7 Å². The number of carbonyl (C=O) groups excluding carboxylic acids is 1. The predicted octanol–water partition coefficient (Wildman–Crippen LogP) is 0.610. The quantitative estimate of drug-likeness (QED) is 0.587. The molecule has 0 unspecified atom stereocenters. The number of amides is 1. The molecule has 0 aliphatic heterocycles. The molecule has 14 heavy (non-hydrogen) atoms. The fourth-order valence-corrected chi connectivity index (χ4v) is 1.14. The molecule has 1 amide bonds. The molecule has 0 spiro atoms. The van der Waals surface area contributed by atoms with Crippen LogP contribution in [0.1, 0.15) is 26.7 Å². The SMILES string of the molecule is CCCOCC(=O)N(CC)CCCN. The molecule has 0 aliphatic rings. The van der Waals surface area contributed by atoms with Crippen LogP contribution in [0.3, 0.4) is 0 Å². The molecular formula is C10H22N2O2. The van der Waals surface area contributed by atoms with Gasteiger partial charge in [0.15, 0.2) is 0 Å². The molecule has 4 heteroatoms. The van der Waals surface area contributed by atoms with Gasteiger partial charge in [-0.1, -0.05) is 6.92 Å². The van der Waals surface area contributed by atoms with Crippen molar-refractivity contribution in [1.29, 1.82) is 0 Å². The third-order valence-electron chi connectivity index (χ3n) is 1.94. The van der Waals surface area contributed by atoms with Gasteiger partial charge in [0.05, 0.1) is 0 Å². The standard InChI is InChI=1S/C10H22N2O2/c1-3-8-14-9-10(13)12(4-2)7-5-6-11/h3-9,11H2,1-2H3. The van der Waals surface area contributed by atoms with Crippen LogP contribution in [0.15, 0.2) is 0 Å². The molecule has 0 rings (SSSR count). The van der Waals surface area contributed by atoms with E-state index in [1.54, 1.807) is 4.90 Å². The summed E-state index contributed by atoms with van der Waals surface area (Å²) in [6, 6.07) is 0. The van der Waals surface area contributed by atoms with Gasteiger partial charge in [0.1, 0.15) is 6.61 Å². The van der Waals surface area contributed by atoms with Crippen molar-refractivity contribution < 1.29 is 9.53 Å². The van der Waals surface area contributed by atoms with Crippen LogP contribution < -0.4 is 5.73 Å². The van der Waals surface area contributed by atoms with Crippen LogP contribution in [0, 0.1) is 0 Å². The molecule has 2 N–H and O–H groups in total. The minimum absolute atomic E-state index is 0.0643. The van der Waals surface area contributed by atoms with E-state index in [9.17, 15) is 4.79 Å². The number of hydrogen-bond donors (Lipinski definition) is 1. The molecule has 0 radical (unpaired) electrons. The first-order valence-corrected chi connectivity index (χ1v) is 5.31. The van der Waals surface area contributed by atoms with Crippen molar-refractivity contribution in [3.05, 3.63) is 0 Å². The molecule has 4 nitrogen and oxygen atoms in total. The Morgan fingerprint density at radius 3 is 2.64 bits per heavy atom. The van der Waals surface area contributed by atoms with Crippen molar-refractivity contribution in [2.75, 3.05) is 32.8 Å². The van der Waals surface area contributed by atoms with Gasteiger partial charge in [0.2, 0.25) is 5.91 Å². The molecule has 0 aromatic carbocycles. The fraction of sp³-hybridized carbons (Fsp3) is 0.900. The van der Waals surface area contributed by atoms with Crippen LogP contribution in [0.2, 0.25) is 0 Å². The van der Waals surface area contributed by atoms with Gasteiger partial charge in [0, 0.05) is 19.7 Å². The van der Waals surface area contributed by atoms with Crippen LogP contribution in [-0.2, 0) is 9.53 Å². The van der Waals surface area contributed by atoms with Crippen molar-refractivity contribution in [3.63, 3.8) is 0 Å². The van der Waals surface area contributed by atoms with Gasteiger partial charge in [-0.3, -0.25) is 4.79 Å². The average molecular weight is 202 g/mol. The molecule has 0 aromatic heterocycles. The molecule has 0 saturated heterocycles. The van der Waals surface area contributed by atoms with Crippen LogP contribution >= 0.6 is 0 Å². The van der Waals surface area contributed by atoms with E-state index in [1.165, 1.54) is 0 Å². The van der Waals surface area contributed by atoms with E-state index in [0.717, 1.165) is 25.9 Å². The summed E-state index contributed by atoms with van der Waals surface area (Å²) in [6.07, 6.45) is 1.80. The van der Waals surface area contributed by atoms with Crippen LogP contribution in [0.5, 0.6) is 0 Å². The van der Waals surface area contributed by atoms with E-state index in [0.29, 0.717) is 13.2 Å². The average Bonchev–Trinajstić information content (AvgIpc) is 2.19. The zero-order valence-corrected chi connectivity index (χ0v) is 9.29. The normalized spacial score (nSPS) is 10.2. The van der Waals surface area contributed by atoms with E-state index >= 15 is 0 Å². The Balaban J connectivity index is 3.67. The molecule has 0 fully saturated rings. The number of nitrogens with zero attached hydrogens (tertiary/aromatic N) is 1. The lowest BCUT2D eigenvalue weighted by atomic mass is 10.3. The molecule has 84 valence electrons. The van der Waals surface area contributed by atoms with Crippen LogP contribution in [-0.4, -0.2) is 43.7 Å². The van der Waals surface area contributed by atoms with Gasteiger partial charge in [-0.15, -0.1) is 0 Å². The molecule has 0 atom stereocenters.